The summed E-state index contributed by atoms with van der Waals surface area (Å²) in [6, 6.07) is 13.3. The van der Waals surface area contributed by atoms with Gasteiger partial charge in [-0.05, 0) is 60.9 Å². The molecule has 0 heterocycles. The number of nitrogens with one attached hydrogen (secondary N) is 3. The van der Waals surface area contributed by atoms with Gasteiger partial charge in [0.2, 0.25) is 5.91 Å². The molecule has 33 heavy (non-hydrogen) atoms. The van der Waals surface area contributed by atoms with Crippen LogP contribution in [0.15, 0.2) is 48.5 Å². The minimum atomic E-state index is -0.452. The molecule has 0 bridgehead atoms. The van der Waals surface area contributed by atoms with Crippen molar-refractivity contribution in [3.05, 3.63) is 59.7 Å². The van der Waals surface area contributed by atoms with Gasteiger partial charge in [-0.15, -0.1) is 0 Å². The van der Waals surface area contributed by atoms with Gasteiger partial charge in [0.15, 0.2) is 0 Å². The predicted molar refractivity (Wildman–Crippen MR) is 130 cm³/mol. The van der Waals surface area contributed by atoms with Gasteiger partial charge in [-0.25, -0.2) is 0 Å². The topological polar surface area (TPSA) is 96.5 Å². The second kappa shape index (κ2) is 13.9. The SMILES string of the molecule is CCCCCCCOc1ccc(C(=O)NNC(=O)c2ccc(NC(=O)CC(C)C)cc2)cc1. The van der Waals surface area contributed by atoms with E-state index in [1.54, 1.807) is 48.5 Å². The third kappa shape index (κ3) is 9.76. The summed E-state index contributed by atoms with van der Waals surface area (Å²) in [7, 11) is 0. The van der Waals surface area contributed by atoms with Gasteiger partial charge in [0.25, 0.3) is 11.8 Å². The highest BCUT2D eigenvalue weighted by Crippen LogP contribution is 2.14. The number of hydrogen-bond acceptors (Lipinski definition) is 4. The first kappa shape index (κ1) is 25.9. The van der Waals surface area contributed by atoms with Crippen molar-refractivity contribution >= 4 is 23.4 Å². The van der Waals surface area contributed by atoms with E-state index < -0.39 is 11.8 Å². The van der Waals surface area contributed by atoms with Crippen LogP contribution in [0.3, 0.4) is 0 Å². The van der Waals surface area contributed by atoms with Crippen LogP contribution in [0, 0.1) is 5.92 Å². The van der Waals surface area contributed by atoms with E-state index in [2.05, 4.69) is 23.1 Å². The Hall–Kier alpha value is -3.35. The zero-order chi connectivity index (χ0) is 24.1. The maximum absolute atomic E-state index is 12.3. The van der Waals surface area contributed by atoms with E-state index in [0.29, 0.717) is 35.6 Å². The fourth-order valence-corrected chi connectivity index (χ4v) is 3.14. The second-order valence-corrected chi connectivity index (χ2v) is 8.42. The molecule has 2 aromatic rings. The van der Waals surface area contributed by atoms with Crippen LogP contribution < -0.4 is 20.9 Å². The van der Waals surface area contributed by atoms with E-state index in [0.717, 1.165) is 12.8 Å². The fourth-order valence-electron chi connectivity index (χ4n) is 3.14. The molecule has 0 saturated heterocycles. The first-order valence-corrected chi connectivity index (χ1v) is 11.6. The van der Waals surface area contributed by atoms with E-state index >= 15 is 0 Å². The molecule has 0 saturated carbocycles. The van der Waals surface area contributed by atoms with Crippen LogP contribution in [-0.4, -0.2) is 24.3 Å². The molecule has 2 rings (SSSR count). The summed E-state index contributed by atoms with van der Waals surface area (Å²) in [6.45, 7) is 6.79. The summed E-state index contributed by atoms with van der Waals surface area (Å²) < 4.78 is 5.70. The molecule has 0 fully saturated rings. The summed E-state index contributed by atoms with van der Waals surface area (Å²) in [4.78, 5) is 36.4. The highest BCUT2D eigenvalue weighted by Gasteiger charge is 2.10. The lowest BCUT2D eigenvalue weighted by atomic mass is 10.1. The number of anilines is 1. The standard InChI is InChI=1S/C26H35N3O4/c1-4-5-6-7-8-17-33-23-15-11-21(12-16-23)26(32)29-28-25(31)20-9-13-22(14-10-20)27-24(30)18-19(2)3/h9-16,19H,4-8,17-18H2,1-3H3,(H,27,30)(H,28,31)(H,29,32). The minimum Gasteiger partial charge on any atom is -0.494 e. The lowest BCUT2D eigenvalue weighted by Gasteiger charge is -2.10. The highest BCUT2D eigenvalue weighted by molar-refractivity contribution is 5.99. The van der Waals surface area contributed by atoms with Crippen molar-refractivity contribution in [1.82, 2.24) is 10.9 Å². The van der Waals surface area contributed by atoms with Gasteiger partial charge in [0, 0.05) is 23.2 Å². The smallest absolute Gasteiger partial charge is 0.269 e. The number of hydrogen-bond donors (Lipinski definition) is 3. The molecule has 3 N–H and O–H groups in total. The molecule has 0 aliphatic rings. The Morgan fingerprint density at radius 1 is 0.788 bits per heavy atom. The van der Waals surface area contributed by atoms with Crippen LogP contribution >= 0.6 is 0 Å². The van der Waals surface area contributed by atoms with E-state index in [1.807, 2.05) is 13.8 Å². The monoisotopic (exact) mass is 453 g/mol. The van der Waals surface area contributed by atoms with Crippen LogP contribution in [0.2, 0.25) is 0 Å². The van der Waals surface area contributed by atoms with Gasteiger partial charge in [0.1, 0.15) is 5.75 Å². The molecule has 7 nitrogen and oxygen atoms in total. The number of rotatable bonds is 12. The van der Waals surface area contributed by atoms with Gasteiger partial charge in [0.05, 0.1) is 6.61 Å². The molecule has 3 amide bonds. The lowest BCUT2D eigenvalue weighted by molar-refractivity contribution is -0.116. The maximum atomic E-state index is 12.3. The highest BCUT2D eigenvalue weighted by atomic mass is 16.5. The summed E-state index contributed by atoms with van der Waals surface area (Å²) in [6.07, 6.45) is 6.30. The Bertz CT molecular complexity index is 893. The Morgan fingerprint density at radius 2 is 1.33 bits per heavy atom. The van der Waals surface area contributed by atoms with Crippen molar-refractivity contribution in [2.24, 2.45) is 5.92 Å². The maximum Gasteiger partial charge on any atom is 0.269 e. The van der Waals surface area contributed by atoms with E-state index in [-0.39, 0.29) is 11.8 Å². The molecule has 7 heteroatoms. The van der Waals surface area contributed by atoms with Crippen LogP contribution in [0.5, 0.6) is 5.75 Å². The van der Waals surface area contributed by atoms with Crippen molar-refractivity contribution in [1.29, 1.82) is 0 Å². The molecule has 0 atom stereocenters. The van der Waals surface area contributed by atoms with Crippen molar-refractivity contribution in [2.75, 3.05) is 11.9 Å². The van der Waals surface area contributed by atoms with Gasteiger partial charge in [-0.1, -0.05) is 46.5 Å². The van der Waals surface area contributed by atoms with Crippen molar-refractivity contribution in [2.45, 2.75) is 59.3 Å². The first-order valence-electron chi connectivity index (χ1n) is 11.6. The van der Waals surface area contributed by atoms with Crippen molar-refractivity contribution < 1.29 is 19.1 Å². The number of hydrazine groups is 1. The number of benzene rings is 2. The van der Waals surface area contributed by atoms with E-state index in [9.17, 15) is 14.4 Å². The van der Waals surface area contributed by atoms with E-state index in [1.165, 1.54) is 19.3 Å². The van der Waals surface area contributed by atoms with Gasteiger partial charge in [-0.2, -0.15) is 0 Å². The van der Waals surface area contributed by atoms with Crippen molar-refractivity contribution in [3.63, 3.8) is 0 Å². The Balaban J connectivity index is 1.75. The molecule has 0 radical (unpaired) electrons. The number of ether oxygens (including phenoxy) is 1. The zero-order valence-corrected chi connectivity index (χ0v) is 19.8. The Kier molecular flexibility index (Phi) is 10.9. The normalized spacial score (nSPS) is 10.5. The Labute approximate surface area is 196 Å². The summed E-state index contributed by atoms with van der Waals surface area (Å²) in [5.74, 6) is 0.0330. The second-order valence-electron chi connectivity index (χ2n) is 8.42. The molecule has 0 unspecified atom stereocenters. The molecule has 0 aromatic heterocycles. The first-order chi connectivity index (χ1) is 15.9. The number of unbranched alkanes of at least 4 members (excludes halogenated alkanes) is 4. The molecular formula is C26H35N3O4. The minimum absolute atomic E-state index is 0.0714. The Morgan fingerprint density at radius 3 is 1.88 bits per heavy atom. The van der Waals surface area contributed by atoms with Gasteiger partial charge >= 0.3 is 0 Å². The number of carbonyl (C=O) groups excluding carboxylic acids is 3. The predicted octanol–water partition coefficient (Wildman–Crippen LogP) is 5.10. The van der Waals surface area contributed by atoms with Crippen molar-refractivity contribution in [3.8, 4) is 5.75 Å². The molecule has 0 spiro atoms. The van der Waals surface area contributed by atoms with Gasteiger partial charge in [-0.3, -0.25) is 25.2 Å². The zero-order valence-electron chi connectivity index (χ0n) is 19.8. The van der Waals surface area contributed by atoms with Crippen LogP contribution in [0.4, 0.5) is 5.69 Å². The quantitative estimate of drug-likeness (QED) is 0.308. The average molecular weight is 454 g/mol. The number of amides is 3. The third-order valence-corrected chi connectivity index (χ3v) is 4.95. The third-order valence-electron chi connectivity index (χ3n) is 4.95. The molecule has 2 aromatic carbocycles. The van der Waals surface area contributed by atoms with Crippen LogP contribution in [-0.2, 0) is 4.79 Å². The van der Waals surface area contributed by atoms with Crippen LogP contribution in [0.1, 0.15) is 80.0 Å². The molecule has 178 valence electrons. The van der Waals surface area contributed by atoms with Crippen LogP contribution in [0.25, 0.3) is 0 Å². The summed E-state index contributed by atoms with van der Waals surface area (Å²) in [5.41, 5.74) is 6.19. The largest absolute Gasteiger partial charge is 0.494 e. The van der Waals surface area contributed by atoms with Gasteiger partial charge < -0.3 is 10.1 Å². The molecular weight excluding hydrogens is 418 g/mol. The lowest BCUT2D eigenvalue weighted by Crippen LogP contribution is -2.41. The average Bonchev–Trinajstić information content (AvgIpc) is 2.80. The summed E-state index contributed by atoms with van der Waals surface area (Å²) >= 11 is 0. The molecule has 0 aliphatic heterocycles. The number of carbonyl (C=O) groups is 3. The fraction of sp³-hybridized carbons (Fsp3) is 0.423. The molecule has 0 aliphatic carbocycles. The van der Waals surface area contributed by atoms with E-state index in [4.69, 9.17) is 4.74 Å². The summed E-state index contributed by atoms with van der Waals surface area (Å²) in [5, 5.41) is 2.79.